The summed E-state index contributed by atoms with van der Waals surface area (Å²) in [5.74, 6) is 0.189. The first-order valence-electron chi connectivity index (χ1n) is 7.41. The van der Waals surface area contributed by atoms with Gasteiger partial charge in [-0.05, 0) is 18.4 Å². The highest BCUT2D eigenvalue weighted by Gasteiger charge is 2.23. The van der Waals surface area contributed by atoms with Gasteiger partial charge in [0.15, 0.2) is 0 Å². The van der Waals surface area contributed by atoms with Crippen molar-refractivity contribution < 1.29 is 4.79 Å². The molecule has 22 heavy (non-hydrogen) atoms. The Labute approximate surface area is 128 Å². The minimum absolute atomic E-state index is 0.205. The maximum Gasteiger partial charge on any atom is 0.345 e. The number of amides is 1. The average Bonchev–Trinajstić information content (AvgIpc) is 2.92. The highest BCUT2D eigenvalue weighted by Crippen LogP contribution is 2.14. The summed E-state index contributed by atoms with van der Waals surface area (Å²) in [6.07, 6.45) is 4.24. The summed E-state index contributed by atoms with van der Waals surface area (Å²) in [7, 11) is 0. The van der Waals surface area contributed by atoms with Crippen molar-refractivity contribution in [3.8, 4) is 0 Å². The van der Waals surface area contributed by atoms with Crippen LogP contribution in [0.25, 0.3) is 0 Å². The van der Waals surface area contributed by atoms with Crippen molar-refractivity contribution >= 4 is 5.91 Å². The summed E-state index contributed by atoms with van der Waals surface area (Å²) in [6, 6.07) is 1.69. The second kappa shape index (κ2) is 5.75. The van der Waals surface area contributed by atoms with Gasteiger partial charge >= 0.3 is 5.69 Å². The summed E-state index contributed by atoms with van der Waals surface area (Å²) >= 11 is 0. The van der Waals surface area contributed by atoms with Crippen molar-refractivity contribution in [1.29, 1.82) is 0 Å². The van der Waals surface area contributed by atoms with Crippen molar-refractivity contribution in [2.75, 3.05) is 6.54 Å². The number of H-pyrrole nitrogens is 1. The van der Waals surface area contributed by atoms with Crippen LogP contribution in [0.5, 0.6) is 0 Å². The van der Waals surface area contributed by atoms with Gasteiger partial charge in [0.25, 0.3) is 5.91 Å². The Bertz CT molecular complexity index is 746. The van der Waals surface area contributed by atoms with Crippen molar-refractivity contribution in [3.05, 3.63) is 46.2 Å². The fourth-order valence-corrected chi connectivity index (χ4v) is 2.69. The van der Waals surface area contributed by atoms with Gasteiger partial charge in [0, 0.05) is 25.0 Å². The van der Waals surface area contributed by atoms with Crippen LogP contribution >= 0.6 is 0 Å². The van der Waals surface area contributed by atoms with Crippen molar-refractivity contribution in [2.45, 2.75) is 33.4 Å². The number of imidazole rings is 1. The number of nitrogens with one attached hydrogen (secondary N) is 1. The van der Waals surface area contributed by atoms with Crippen molar-refractivity contribution in [3.63, 3.8) is 0 Å². The molecule has 7 nitrogen and oxygen atoms in total. The lowest BCUT2D eigenvalue weighted by molar-refractivity contribution is 0.0704. The normalized spacial score (nSPS) is 14.2. The average molecular weight is 301 g/mol. The van der Waals surface area contributed by atoms with E-state index >= 15 is 0 Å². The predicted molar refractivity (Wildman–Crippen MR) is 80.4 cm³/mol. The third-order valence-corrected chi connectivity index (χ3v) is 3.70. The van der Waals surface area contributed by atoms with Crippen LogP contribution in [-0.2, 0) is 19.5 Å². The molecule has 0 aliphatic carbocycles. The van der Waals surface area contributed by atoms with Gasteiger partial charge in [0.2, 0.25) is 0 Å². The lowest BCUT2D eigenvalue weighted by Crippen LogP contribution is -2.39. The van der Waals surface area contributed by atoms with E-state index in [4.69, 9.17) is 0 Å². The zero-order valence-electron chi connectivity index (χ0n) is 12.7. The monoisotopic (exact) mass is 301 g/mol. The molecule has 1 amide bonds. The minimum atomic E-state index is -0.469. The highest BCUT2D eigenvalue weighted by atomic mass is 16.2. The SMILES string of the molecule is CC(C)Cc1cc(C(=O)N2CCn3cncc3C2)nc(=O)[nH]1. The first kappa shape index (κ1) is 14.5. The molecule has 0 spiro atoms. The summed E-state index contributed by atoms with van der Waals surface area (Å²) < 4.78 is 2.03. The second-order valence-electron chi connectivity index (χ2n) is 6.00. The van der Waals surface area contributed by atoms with Crippen LogP contribution < -0.4 is 5.69 Å². The molecule has 2 aromatic heterocycles. The van der Waals surface area contributed by atoms with Gasteiger partial charge in [0.1, 0.15) is 5.69 Å². The Morgan fingerprint density at radius 1 is 1.41 bits per heavy atom. The number of rotatable bonds is 3. The van der Waals surface area contributed by atoms with Crippen LogP contribution in [0.1, 0.15) is 35.7 Å². The molecule has 0 atom stereocenters. The van der Waals surface area contributed by atoms with Gasteiger partial charge in [-0.2, -0.15) is 4.98 Å². The molecule has 0 radical (unpaired) electrons. The van der Waals surface area contributed by atoms with Crippen LogP contribution in [0, 0.1) is 5.92 Å². The molecule has 1 aliphatic heterocycles. The summed E-state index contributed by atoms with van der Waals surface area (Å²) in [6.45, 7) is 5.92. The fraction of sp³-hybridized carbons (Fsp3) is 0.467. The second-order valence-corrected chi connectivity index (χ2v) is 6.00. The maximum absolute atomic E-state index is 12.6. The number of hydrogen-bond donors (Lipinski definition) is 1. The Kier molecular flexibility index (Phi) is 3.79. The van der Waals surface area contributed by atoms with E-state index < -0.39 is 5.69 Å². The molecule has 2 aromatic rings. The van der Waals surface area contributed by atoms with Crippen LogP contribution in [0.3, 0.4) is 0 Å². The molecule has 3 rings (SSSR count). The first-order chi connectivity index (χ1) is 10.5. The van der Waals surface area contributed by atoms with Gasteiger partial charge in [0.05, 0.1) is 18.6 Å². The van der Waals surface area contributed by atoms with Crippen LogP contribution in [0.2, 0.25) is 0 Å². The lowest BCUT2D eigenvalue weighted by atomic mass is 10.1. The van der Waals surface area contributed by atoms with E-state index in [9.17, 15) is 9.59 Å². The van der Waals surface area contributed by atoms with E-state index in [1.54, 1.807) is 23.5 Å². The summed E-state index contributed by atoms with van der Waals surface area (Å²) in [5.41, 5.74) is 1.49. The Balaban J connectivity index is 1.83. The summed E-state index contributed by atoms with van der Waals surface area (Å²) in [5, 5.41) is 0. The number of nitrogens with zero attached hydrogens (tertiary/aromatic N) is 4. The van der Waals surface area contributed by atoms with Crippen molar-refractivity contribution in [1.82, 2.24) is 24.4 Å². The largest absolute Gasteiger partial charge is 0.345 e. The first-order valence-corrected chi connectivity index (χ1v) is 7.41. The van der Waals surface area contributed by atoms with Crippen LogP contribution in [-0.4, -0.2) is 36.9 Å². The molecule has 0 bridgehead atoms. The zero-order valence-corrected chi connectivity index (χ0v) is 12.7. The number of aromatic amines is 1. The molecular formula is C15H19N5O2. The standard InChI is InChI=1S/C15H19N5O2/c1-10(2)5-11-6-13(18-15(22)17-11)14(21)19-3-4-20-9-16-7-12(20)8-19/h6-7,9-10H,3-5,8H2,1-2H3,(H,17,18,22). The van der Waals surface area contributed by atoms with Gasteiger partial charge in [-0.25, -0.2) is 9.78 Å². The van der Waals surface area contributed by atoms with E-state index in [1.165, 1.54) is 0 Å². The highest BCUT2D eigenvalue weighted by molar-refractivity contribution is 5.92. The third kappa shape index (κ3) is 2.93. The zero-order chi connectivity index (χ0) is 15.7. The molecule has 0 saturated heterocycles. The van der Waals surface area contributed by atoms with E-state index in [-0.39, 0.29) is 11.6 Å². The molecule has 0 saturated carbocycles. The predicted octanol–water partition coefficient (Wildman–Crippen LogP) is 0.821. The van der Waals surface area contributed by atoms with E-state index in [1.807, 2.05) is 4.57 Å². The number of aromatic nitrogens is 4. The number of hydrogen-bond acceptors (Lipinski definition) is 4. The van der Waals surface area contributed by atoms with Gasteiger partial charge in [-0.1, -0.05) is 13.8 Å². The maximum atomic E-state index is 12.6. The molecule has 1 aliphatic rings. The Hall–Kier alpha value is -2.44. The van der Waals surface area contributed by atoms with E-state index in [0.29, 0.717) is 32.0 Å². The third-order valence-electron chi connectivity index (χ3n) is 3.70. The van der Waals surface area contributed by atoms with Crippen LogP contribution in [0.4, 0.5) is 0 Å². The summed E-state index contributed by atoms with van der Waals surface area (Å²) in [4.78, 5) is 36.6. The molecular weight excluding hydrogens is 282 g/mol. The molecule has 1 N–H and O–H groups in total. The number of carbonyl (C=O) groups is 1. The van der Waals surface area contributed by atoms with Gasteiger partial charge < -0.3 is 14.5 Å². The minimum Gasteiger partial charge on any atom is -0.331 e. The smallest absolute Gasteiger partial charge is 0.331 e. The lowest BCUT2D eigenvalue weighted by Gasteiger charge is -2.27. The van der Waals surface area contributed by atoms with Crippen molar-refractivity contribution in [2.24, 2.45) is 5.92 Å². The topological polar surface area (TPSA) is 83.9 Å². The Morgan fingerprint density at radius 2 is 2.23 bits per heavy atom. The number of carbonyl (C=O) groups excluding carboxylic acids is 1. The molecule has 7 heteroatoms. The molecule has 0 aromatic carbocycles. The fourth-order valence-electron chi connectivity index (χ4n) is 2.69. The molecule has 0 fully saturated rings. The quantitative estimate of drug-likeness (QED) is 0.909. The van der Waals surface area contributed by atoms with Gasteiger partial charge in [-0.15, -0.1) is 0 Å². The molecule has 116 valence electrons. The molecule has 3 heterocycles. The van der Waals surface area contributed by atoms with Crippen LogP contribution in [0.15, 0.2) is 23.4 Å². The van der Waals surface area contributed by atoms with E-state index in [2.05, 4.69) is 28.8 Å². The van der Waals surface area contributed by atoms with E-state index in [0.717, 1.165) is 11.4 Å². The number of fused-ring (bicyclic) bond motifs is 1. The molecule has 0 unspecified atom stereocenters. The van der Waals surface area contributed by atoms with Gasteiger partial charge in [-0.3, -0.25) is 4.79 Å². The Morgan fingerprint density at radius 3 is 3.00 bits per heavy atom.